The van der Waals surface area contributed by atoms with Crippen LogP contribution in [-0.2, 0) is 16.0 Å². The number of H-pyrrole nitrogens is 1. The van der Waals surface area contributed by atoms with Crippen LogP contribution in [0, 0.1) is 11.7 Å². The number of aromatic nitrogens is 1. The first-order chi connectivity index (χ1) is 17.8. The number of hydrogen-bond donors (Lipinski definition) is 1. The highest BCUT2D eigenvalue weighted by atomic mass is 35.5. The molecule has 0 spiro atoms. The van der Waals surface area contributed by atoms with Gasteiger partial charge < -0.3 is 19.5 Å². The van der Waals surface area contributed by atoms with E-state index < -0.39 is 11.7 Å². The molecular formula is C28H29ClFN3O4. The highest BCUT2D eigenvalue weighted by Gasteiger charge is 2.32. The monoisotopic (exact) mass is 525 g/mol. The van der Waals surface area contributed by atoms with E-state index in [9.17, 15) is 18.8 Å². The van der Waals surface area contributed by atoms with Crippen molar-refractivity contribution < 1.29 is 23.5 Å². The predicted octanol–water partition coefficient (Wildman–Crippen LogP) is 4.49. The highest BCUT2D eigenvalue weighted by molar-refractivity contribution is 6.45. The minimum absolute atomic E-state index is 0.00585. The third-order valence-corrected chi connectivity index (χ3v) is 7.73. The van der Waals surface area contributed by atoms with Crippen molar-refractivity contribution in [1.82, 2.24) is 14.8 Å². The number of halogens is 2. The molecule has 5 rings (SSSR count). The van der Waals surface area contributed by atoms with Gasteiger partial charge in [0.25, 0.3) is 17.6 Å². The van der Waals surface area contributed by atoms with Gasteiger partial charge in [-0.2, -0.15) is 0 Å². The molecule has 1 aromatic heterocycles. The average molecular weight is 526 g/mol. The van der Waals surface area contributed by atoms with E-state index in [4.69, 9.17) is 16.3 Å². The van der Waals surface area contributed by atoms with E-state index in [1.54, 1.807) is 12.1 Å². The fraction of sp³-hybridized carbons (Fsp3) is 0.393. The molecule has 7 nitrogen and oxygen atoms in total. The van der Waals surface area contributed by atoms with Gasteiger partial charge in [-0.25, -0.2) is 4.39 Å². The number of morpholine rings is 1. The number of likely N-dealkylation sites (tertiary alicyclic amines) is 1. The van der Waals surface area contributed by atoms with Crippen LogP contribution in [0.25, 0.3) is 10.9 Å². The van der Waals surface area contributed by atoms with E-state index >= 15 is 0 Å². The molecule has 2 aromatic carbocycles. The Balaban J connectivity index is 1.33. The second-order valence-corrected chi connectivity index (χ2v) is 10.3. The van der Waals surface area contributed by atoms with Crippen molar-refractivity contribution >= 4 is 40.1 Å². The maximum Gasteiger partial charge on any atom is 0.295 e. The van der Waals surface area contributed by atoms with Crippen LogP contribution < -0.4 is 0 Å². The van der Waals surface area contributed by atoms with Crippen LogP contribution in [-0.4, -0.2) is 71.3 Å². The molecule has 3 aromatic rings. The molecule has 0 bridgehead atoms. The summed E-state index contributed by atoms with van der Waals surface area (Å²) in [6.07, 6.45) is 3.99. The van der Waals surface area contributed by atoms with Crippen molar-refractivity contribution in [3.05, 3.63) is 70.1 Å². The first-order valence-corrected chi connectivity index (χ1v) is 13.0. The van der Waals surface area contributed by atoms with E-state index in [0.717, 1.165) is 24.8 Å². The van der Waals surface area contributed by atoms with Crippen LogP contribution in [0.1, 0.15) is 46.0 Å². The molecule has 0 aliphatic carbocycles. The van der Waals surface area contributed by atoms with Crippen molar-refractivity contribution in [2.24, 2.45) is 5.92 Å². The van der Waals surface area contributed by atoms with Crippen LogP contribution in [0.5, 0.6) is 0 Å². The second-order valence-electron chi connectivity index (χ2n) is 9.88. The SMILES string of the molecule is CC1CC(Cc2ccc(F)cc2)CCN1C(=O)c1cc2c(C(=O)C(=O)N3CCOCC3)c[nH]c2cc1Cl. The Bertz CT molecular complexity index is 1330. The maximum absolute atomic E-state index is 13.6. The molecule has 2 atom stereocenters. The van der Waals surface area contributed by atoms with Gasteiger partial charge in [0.15, 0.2) is 0 Å². The lowest BCUT2D eigenvalue weighted by molar-refractivity contribution is -0.130. The summed E-state index contributed by atoms with van der Waals surface area (Å²) in [6.45, 7) is 4.15. The van der Waals surface area contributed by atoms with Crippen molar-refractivity contribution in [3.8, 4) is 0 Å². The largest absolute Gasteiger partial charge is 0.378 e. The summed E-state index contributed by atoms with van der Waals surface area (Å²) in [7, 11) is 0. The van der Waals surface area contributed by atoms with Gasteiger partial charge in [-0.05, 0) is 61.9 Å². The zero-order chi connectivity index (χ0) is 26.1. The molecule has 2 saturated heterocycles. The smallest absolute Gasteiger partial charge is 0.295 e. The van der Waals surface area contributed by atoms with Crippen LogP contribution >= 0.6 is 11.6 Å². The summed E-state index contributed by atoms with van der Waals surface area (Å²) in [5.41, 5.74) is 2.21. The molecule has 2 unspecified atom stereocenters. The molecule has 194 valence electrons. The minimum atomic E-state index is -0.621. The van der Waals surface area contributed by atoms with E-state index in [0.29, 0.717) is 60.3 Å². The number of Topliss-reactive ketones (excluding diaryl/α,β-unsaturated/α-hetero) is 1. The standard InChI is InChI=1S/C28H29ClFN3O4/c1-17-12-19(13-18-2-4-20(30)5-3-18)6-7-33(17)27(35)22-14-21-23(16-31-25(21)15-24(22)29)26(34)28(36)32-8-10-37-11-9-32/h2-5,14-17,19,31H,6-13H2,1H3. The Morgan fingerprint density at radius 1 is 1.08 bits per heavy atom. The fourth-order valence-corrected chi connectivity index (χ4v) is 5.63. The molecule has 0 saturated carbocycles. The van der Waals surface area contributed by atoms with Gasteiger partial charge in [0.2, 0.25) is 0 Å². The molecular weight excluding hydrogens is 497 g/mol. The average Bonchev–Trinajstić information content (AvgIpc) is 3.31. The number of carbonyl (C=O) groups excluding carboxylic acids is 3. The van der Waals surface area contributed by atoms with Crippen molar-refractivity contribution in [1.29, 1.82) is 0 Å². The van der Waals surface area contributed by atoms with E-state index in [1.165, 1.54) is 23.2 Å². The van der Waals surface area contributed by atoms with Gasteiger partial charge in [-0.15, -0.1) is 0 Å². The minimum Gasteiger partial charge on any atom is -0.378 e. The Hall–Kier alpha value is -3.23. The van der Waals surface area contributed by atoms with Gasteiger partial charge in [-0.3, -0.25) is 14.4 Å². The quantitative estimate of drug-likeness (QED) is 0.393. The molecule has 9 heteroatoms. The molecule has 3 heterocycles. The summed E-state index contributed by atoms with van der Waals surface area (Å²) in [4.78, 5) is 45.7. The first kappa shape index (κ1) is 25.4. The number of nitrogens with one attached hydrogen (secondary N) is 1. The van der Waals surface area contributed by atoms with Crippen molar-refractivity contribution in [3.63, 3.8) is 0 Å². The number of aromatic amines is 1. The fourth-order valence-electron chi connectivity index (χ4n) is 5.39. The van der Waals surface area contributed by atoms with Gasteiger partial charge in [0.05, 0.1) is 29.4 Å². The summed E-state index contributed by atoms with van der Waals surface area (Å²) in [6, 6.07) is 9.82. The van der Waals surface area contributed by atoms with Crippen LogP contribution in [0.15, 0.2) is 42.6 Å². The number of hydrogen-bond acceptors (Lipinski definition) is 4. The van der Waals surface area contributed by atoms with Crippen molar-refractivity contribution in [2.45, 2.75) is 32.2 Å². The van der Waals surface area contributed by atoms with E-state index in [2.05, 4.69) is 4.98 Å². The number of amides is 2. The normalized spacial score (nSPS) is 20.3. The molecule has 2 fully saturated rings. The third kappa shape index (κ3) is 5.26. The summed E-state index contributed by atoms with van der Waals surface area (Å²) in [5, 5.41) is 0.789. The number of carbonyl (C=O) groups is 3. The van der Waals surface area contributed by atoms with Gasteiger partial charge in [0, 0.05) is 42.8 Å². The topological polar surface area (TPSA) is 82.7 Å². The molecule has 2 aliphatic rings. The Labute approximate surface area is 219 Å². The third-order valence-electron chi connectivity index (χ3n) is 7.42. The van der Waals surface area contributed by atoms with Gasteiger partial charge in [-0.1, -0.05) is 23.7 Å². The number of piperidine rings is 1. The number of fused-ring (bicyclic) bond motifs is 1. The summed E-state index contributed by atoms with van der Waals surface area (Å²) >= 11 is 6.51. The summed E-state index contributed by atoms with van der Waals surface area (Å²) in [5.74, 6) is -1.25. The van der Waals surface area contributed by atoms with E-state index in [1.807, 2.05) is 24.0 Å². The molecule has 1 N–H and O–H groups in total. The van der Waals surface area contributed by atoms with Gasteiger partial charge in [0.1, 0.15) is 5.82 Å². The first-order valence-electron chi connectivity index (χ1n) is 12.6. The molecule has 37 heavy (non-hydrogen) atoms. The zero-order valence-electron chi connectivity index (χ0n) is 20.6. The van der Waals surface area contributed by atoms with Crippen LogP contribution in [0.2, 0.25) is 5.02 Å². The Morgan fingerprint density at radius 2 is 1.81 bits per heavy atom. The van der Waals surface area contributed by atoms with Gasteiger partial charge >= 0.3 is 0 Å². The second kappa shape index (κ2) is 10.6. The number of nitrogens with zero attached hydrogens (tertiary/aromatic N) is 2. The van der Waals surface area contributed by atoms with E-state index in [-0.39, 0.29) is 23.3 Å². The zero-order valence-corrected chi connectivity index (χ0v) is 21.4. The maximum atomic E-state index is 13.6. The Morgan fingerprint density at radius 3 is 2.51 bits per heavy atom. The predicted molar refractivity (Wildman–Crippen MR) is 138 cm³/mol. The molecule has 0 radical (unpaired) electrons. The number of ether oxygens (including phenoxy) is 1. The highest BCUT2D eigenvalue weighted by Crippen LogP contribution is 2.31. The summed E-state index contributed by atoms with van der Waals surface area (Å²) < 4.78 is 18.5. The lowest BCUT2D eigenvalue weighted by Crippen LogP contribution is -2.45. The van der Waals surface area contributed by atoms with Crippen LogP contribution in [0.3, 0.4) is 0 Å². The number of ketones is 1. The molecule has 2 aliphatic heterocycles. The Kier molecular flexibility index (Phi) is 7.31. The van der Waals surface area contributed by atoms with Crippen molar-refractivity contribution in [2.75, 3.05) is 32.8 Å². The molecule has 2 amide bonds. The van der Waals surface area contributed by atoms with Crippen LogP contribution in [0.4, 0.5) is 4.39 Å². The number of rotatable bonds is 5. The lowest BCUT2D eigenvalue weighted by atomic mass is 9.86. The lowest BCUT2D eigenvalue weighted by Gasteiger charge is -2.38. The number of benzene rings is 2.